The zero-order valence-corrected chi connectivity index (χ0v) is 11.6. The van der Waals surface area contributed by atoms with Crippen LogP contribution in [-0.4, -0.2) is 29.2 Å². The van der Waals surface area contributed by atoms with E-state index in [0.717, 1.165) is 19.3 Å². The van der Waals surface area contributed by atoms with Gasteiger partial charge in [0.1, 0.15) is 0 Å². The molecule has 1 aliphatic heterocycles. The van der Waals surface area contributed by atoms with E-state index in [1.54, 1.807) is 24.0 Å². The molecule has 1 amide bonds. The first-order chi connectivity index (χ1) is 8.20. The number of amides is 1. The normalized spacial score (nSPS) is 18.9. The fourth-order valence-electron chi connectivity index (χ4n) is 2.34. The maximum atomic E-state index is 12.3. The summed E-state index contributed by atoms with van der Waals surface area (Å²) in [6.45, 7) is 2.26. The van der Waals surface area contributed by atoms with Crippen LogP contribution in [0, 0.1) is 0 Å². The Kier molecular flexibility index (Phi) is 5.41. The largest absolute Gasteiger partial charge is 0.329 e. The SMILES string of the molecule is CC(=O)[C@@H]1CCCCN1C(=O)c1ccccc1.S. The lowest BCUT2D eigenvalue weighted by Crippen LogP contribution is -2.47. The Balaban J connectivity index is 0.00000162. The molecule has 98 valence electrons. The summed E-state index contributed by atoms with van der Waals surface area (Å²) in [7, 11) is 0. The van der Waals surface area contributed by atoms with Crippen molar-refractivity contribution < 1.29 is 9.59 Å². The quantitative estimate of drug-likeness (QED) is 0.823. The molecule has 1 saturated heterocycles. The molecule has 2 rings (SSSR count). The van der Waals surface area contributed by atoms with Gasteiger partial charge in [0, 0.05) is 12.1 Å². The van der Waals surface area contributed by atoms with E-state index in [9.17, 15) is 9.59 Å². The number of likely N-dealkylation sites (tertiary alicyclic amines) is 1. The standard InChI is InChI=1S/C14H17NO2.H2S/c1-11(16)13-9-5-6-10-15(13)14(17)12-7-3-2-4-8-12;/h2-4,7-8,13H,5-6,9-10H2,1H3;1H2/t13-;/m0./s1. The monoisotopic (exact) mass is 265 g/mol. The molecule has 1 aromatic rings. The predicted molar refractivity (Wildman–Crippen MR) is 76.2 cm³/mol. The molecule has 0 spiro atoms. The van der Waals surface area contributed by atoms with E-state index < -0.39 is 0 Å². The summed E-state index contributed by atoms with van der Waals surface area (Å²) < 4.78 is 0. The zero-order valence-electron chi connectivity index (χ0n) is 10.6. The van der Waals surface area contributed by atoms with Gasteiger partial charge < -0.3 is 4.90 Å². The second-order valence-electron chi connectivity index (χ2n) is 4.49. The predicted octanol–water partition coefficient (Wildman–Crippen LogP) is 2.38. The molecular weight excluding hydrogens is 246 g/mol. The number of carbonyl (C=O) groups excluding carboxylic acids is 2. The molecule has 1 aromatic carbocycles. The number of benzene rings is 1. The average Bonchev–Trinajstić information content (AvgIpc) is 2.39. The minimum atomic E-state index is -0.226. The van der Waals surface area contributed by atoms with Crippen LogP contribution in [0.4, 0.5) is 0 Å². The van der Waals surface area contributed by atoms with Crippen LogP contribution in [0.15, 0.2) is 30.3 Å². The highest BCUT2D eigenvalue weighted by Crippen LogP contribution is 2.20. The average molecular weight is 265 g/mol. The van der Waals surface area contributed by atoms with Crippen LogP contribution in [0.25, 0.3) is 0 Å². The van der Waals surface area contributed by atoms with Gasteiger partial charge in [-0.1, -0.05) is 18.2 Å². The fourth-order valence-corrected chi connectivity index (χ4v) is 2.34. The van der Waals surface area contributed by atoms with E-state index >= 15 is 0 Å². The lowest BCUT2D eigenvalue weighted by Gasteiger charge is -2.34. The molecule has 0 saturated carbocycles. The van der Waals surface area contributed by atoms with Gasteiger partial charge in [-0.05, 0) is 38.3 Å². The van der Waals surface area contributed by atoms with E-state index in [4.69, 9.17) is 0 Å². The van der Waals surface area contributed by atoms with Crippen molar-refractivity contribution in [2.45, 2.75) is 32.2 Å². The second-order valence-corrected chi connectivity index (χ2v) is 4.49. The molecule has 1 aliphatic rings. The maximum absolute atomic E-state index is 12.3. The Bertz CT molecular complexity index is 419. The number of carbonyl (C=O) groups is 2. The third kappa shape index (κ3) is 3.13. The number of ketones is 1. The molecule has 1 heterocycles. The molecule has 0 unspecified atom stereocenters. The van der Waals surface area contributed by atoms with Crippen molar-refractivity contribution >= 4 is 25.2 Å². The first-order valence-electron chi connectivity index (χ1n) is 6.06. The molecule has 0 aliphatic carbocycles. The summed E-state index contributed by atoms with van der Waals surface area (Å²) in [6, 6.07) is 8.95. The fraction of sp³-hybridized carbons (Fsp3) is 0.429. The van der Waals surface area contributed by atoms with Gasteiger partial charge >= 0.3 is 0 Å². The first kappa shape index (κ1) is 14.8. The Morgan fingerprint density at radius 2 is 1.83 bits per heavy atom. The van der Waals surface area contributed by atoms with Gasteiger partial charge in [0.2, 0.25) is 0 Å². The van der Waals surface area contributed by atoms with Crippen LogP contribution >= 0.6 is 13.5 Å². The van der Waals surface area contributed by atoms with Crippen LogP contribution in [0.2, 0.25) is 0 Å². The summed E-state index contributed by atoms with van der Waals surface area (Å²) in [5.74, 6) is 0.0690. The zero-order chi connectivity index (χ0) is 12.3. The van der Waals surface area contributed by atoms with Crippen molar-refractivity contribution in [1.82, 2.24) is 4.90 Å². The topological polar surface area (TPSA) is 37.4 Å². The van der Waals surface area contributed by atoms with Gasteiger partial charge in [0.25, 0.3) is 5.91 Å². The van der Waals surface area contributed by atoms with E-state index in [0.29, 0.717) is 12.1 Å². The van der Waals surface area contributed by atoms with Crippen molar-refractivity contribution in [3.05, 3.63) is 35.9 Å². The summed E-state index contributed by atoms with van der Waals surface area (Å²) >= 11 is 0. The van der Waals surface area contributed by atoms with E-state index in [1.165, 1.54) is 0 Å². The third-order valence-corrected chi connectivity index (χ3v) is 3.25. The molecule has 4 heteroatoms. The second kappa shape index (κ2) is 6.59. The first-order valence-corrected chi connectivity index (χ1v) is 6.06. The van der Waals surface area contributed by atoms with Gasteiger partial charge in [-0.15, -0.1) is 0 Å². The van der Waals surface area contributed by atoms with Gasteiger partial charge in [-0.2, -0.15) is 13.5 Å². The van der Waals surface area contributed by atoms with Gasteiger partial charge in [-0.25, -0.2) is 0 Å². The van der Waals surface area contributed by atoms with Crippen LogP contribution < -0.4 is 0 Å². The Morgan fingerprint density at radius 1 is 1.17 bits per heavy atom. The van der Waals surface area contributed by atoms with E-state index in [1.807, 2.05) is 18.2 Å². The molecule has 1 atom stereocenters. The Labute approximate surface area is 115 Å². The molecule has 0 N–H and O–H groups in total. The summed E-state index contributed by atoms with van der Waals surface area (Å²) in [4.78, 5) is 25.6. The highest BCUT2D eigenvalue weighted by Gasteiger charge is 2.30. The van der Waals surface area contributed by atoms with Crippen LogP contribution in [0.3, 0.4) is 0 Å². The number of Topliss-reactive ketones (excluding diaryl/α,β-unsaturated/α-hetero) is 1. The lowest BCUT2D eigenvalue weighted by molar-refractivity contribution is -0.122. The smallest absolute Gasteiger partial charge is 0.254 e. The summed E-state index contributed by atoms with van der Waals surface area (Å²) in [6.07, 6.45) is 2.82. The summed E-state index contributed by atoms with van der Waals surface area (Å²) in [5.41, 5.74) is 0.667. The van der Waals surface area contributed by atoms with E-state index in [-0.39, 0.29) is 31.2 Å². The van der Waals surface area contributed by atoms with Crippen molar-refractivity contribution in [2.24, 2.45) is 0 Å². The molecule has 1 fully saturated rings. The number of hydrogen-bond acceptors (Lipinski definition) is 2. The van der Waals surface area contributed by atoms with Gasteiger partial charge in [0.05, 0.1) is 6.04 Å². The van der Waals surface area contributed by atoms with Gasteiger partial charge in [-0.3, -0.25) is 9.59 Å². The molecule has 0 radical (unpaired) electrons. The summed E-state index contributed by atoms with van der Waals surface area (Å²) in [5, 5.41) is 0. The van der Waals surface area contributed by atoms with Crippen molar-refractivity contribution in [2.75, 3.05) is 6.54 Å². The highest BCUT2D eigenvalue weighted by molar-refractivity contribution is 7.59. The van der Waals surface area contributed by atoms with Crippen LogP contribution in [0.1, 0.15) is 36.5 Å². The van der Waals surface area contributed by atoms with E-state index in [2.05, 4.69) is 0 Å². The molecule has 0 aromatic heterocycles. The van der Waals surface area contributed by atoms with Crippen LogP contribution in [0.5, 0.6) is 0 Å². The lowest BCUT2D eigenvalue weighted by atomic mass is 9.98. The maximum Gasteiger partial charge on any atom is 0.254 e. The number of piperidine rings is 1. The number of nitrogens with zero attached hydrogens (tertiary/aromatic N) is 1. The van der Waals surface area contributed by atoms with Crippen molar-refractivity contribution in [3.63, 3.8) is 0 Å². The number of rotatable bonds is 2. The van der Waals surface area contributed by atoms with Crippen molar-refractivity contribution in [3.8, 4) is 0 Å². The third-order valence-electron chi connectivity index (χ3n) is 3.25. The van der Waals surface area contributed by atoms with Crippen LogP contribution in [-0.2, 0) is 4.79 Å². The highest BCUT2D eigenvalue weighted by atomic mass is 32.1. The Morgan fingerprint density at radius 3 is 2.44 bits per heavy atom. The minimum absolute atomic E-state index is 0. The molecule has 0 bridgehead atoms. The molecular formula is C14H19NO2S. The molecule has 3 nitrogen and oxygen atoms in total. The van der Waals surface area contributed by atoms with Gasteiger partial charge in [0.15, 0.2) is 5.78 Å². The van der Waals surface area contributed by atoms with Crippen molar-refractivity contribution in [1.29, 1.82) is 0 Å². The Hall–Kier alpha value is -1.29. The molecule has 18 heavy (non-hydrogen) atoms. The minimum Gasteiger partial charge on any atom is -0.329 e. The number of hydrogen-bond donors (Lipinski definition) is 0.